The molecule has 28 heavy (non-hydrogen) atoms. The smallest absolute Gasteiger partial charge is 0.187 e. The van der Waals surface area contributed by atoms with E-state index in [1.807, 2.05) is 79.9 Å². The normalized spacial score (nSPS) is 10.4. The van der Waals surface area contributed by atoms with E-state index in [2.05, 4.69) is 15.9 Å². The molecule has 136 valence electrons. The standard InChI is InChI=1S/C24H19N3O/c1-17-14-20(22-15-26-24(27-22)19-6-4-3-5-7-19)10-13-23(17)28-16-18-8-11-21(25-2)12-9-18/h3-15H,16H2,1H3,(H,26,27). The third-order valence-corrected chi connectivity index (χ3v) is 4.56. The Hall–Kier alpha value is -3.84. The minimum atomic E-state index is 0.471. The summed E-state index contributed by atoms with van der Waals surface area (Å²) in [7, 11) is 0. The van der Waals surface area contributed by atoms with Gasteiger partial charge in [0.1, 0.15) is 18.2 Å². The molecular weight excluding hydrogens is 346 g/mol. The van der Waals surface area contributed by atoms with Crippen molar-refractivity contribution in [3.05, 3.63) is 102 Å². The Balaban J connectivity index is 1.48. The Kier molecular flexibility index (Phi) is 4.90. The number of hydrogen-bond donors (Lipinski definition) is 1. The summed E-state index contributed by atoms with van der Waals surface area (Å²) in [6.07, 6.45) is 1.93. The van der Waals surface area contributed by atoms with Crippen LogP contribution < -0.4 is 4.74 Å². The van der Waals surface area contributed by atoms with Gasteiger partial charge in [-0.15, -0.1) is 0 Å². The number of aromatic nitrogens is 2. The van der Waals surface area contributed by atoms with Crippen molar-refractivity contribution < 1.29 is 4.74 Å². The lowest BCUT2D eigenvalue weighted by molar-refractivity contribution is 0.304. The van der Waals surface area contributed by atoms with Gasteiger partial charge in [-0.25, -0.2) is 9.83 Å². The summed E-state index contributed by atoms with van der Waals surface area (Å²) in [6.45, 7) is 9.51. The lowest BCUT2D eigenvalue weighted by Gasteiger charge is -2.10. The molecule has 0 fully saturated rings. The van der Waals surface area contributed by atoms with Gasteiger partial charge < -0.3 is 9.72 Å². The highest BCUT2D eigenvalue weighted by molar-refractivity contribution is 5.66. The van der Waals surface area contributed by atoms with Gasteiger partial charge in [-0.3, -0.25) is 0 Å². The number of aryl methyl sites for hydroxylation is 1. The maximum atomic E-state index is 7.01. The first-order chi connectivity index (χ1) is 13.7. The quantitative estimate of drug-likeness (QED) is 0.429. The summed E-state index contributed by atoms with van der Waals surface area (Å²) >= 11 is 0. The van der Waals surface area contributed by atoms with Crippen LogP contribution in [0.3, 0.4) is 0 Å². The molecule has 1 heterocycles. The van der Waals surface area contributed by atoms with E-state index in [1.54, 1.807) is 0 Å². The summed E-state index contributed by atoms with van der Waals surface area (Å²) < 4.78 is 5.96. The zero-order valence-electron chi connectivity index (χ0n) is 15.5. The number of benzene rings is 3. The maximum absolute atomic E-state index is 7.01. The molecule has 1 N–H and O–H groups in total. The monoisotopic (exact) mass is 365 g/mol. The Morgan fingerprint density at radius 2 is 1.75 bits per heavy atom. The summed E-state index contributed by atoms with van der Waals surface area (Å²) in [4.78, 5) is 11.4. The number of aromatic amines is 1. The van der Waals surface area contributed by atoms with E-state index in [0.29, 0.717) is 12.3 Å². The van der Waals surface area contributed by atoms with E-state index >= 15 is 0 Å². The van der Waals surface area contributed by atoms with Crippen LogP contribution >= 0.6 is 0 Å². The second-order valence-electron chi connectivity index (χ2n) is 6.55. The van der Waals surface area contributed by atoms with Crippen LogP contribution in [-0.2, 0) is 6.61 Å². The Morgan fingerprint density at radius 1 is 0.964 bits per heavy atom. The molecule has 0 unspecified atom stereocenters. The van der Waals surface area contributed by atoms with E-state index in [0.717, 1.165) is 39.5 Å². The zero-order valence-corrected chi connectivity index (χ0v) is 15.5. The Labute approximate surface area is 164 Å². The largest absolute Gasteiger partial charge is 0.489 e. The second-order valence-corrected chi connectivity index (χ2v) is 6.55. The van der Waals surface area contributed by atoms with Gasteiger partial charge >= 0.3 is 0 Å². The molecular formula is C24H19N3O. The predicted octanol–water partition coefficient (Wildman–Crippen LogP) is 6.18. The van der Waals surface area contributed by atoms with Gasteiger partial charge in [0, 0.05) is 17.3 Å². The maximum Gasteiger partial charge on any atom is 0.187 e. The number of imidazole rings is 1. The molecule has 0 saturated carbocycles. The fourth-order valence-electron chi connectivity index (χ4n) is 3.01. The molecule has 0 radical (unpaired) electrons. The van der Waals surface area contributed by atoms with Crippen LogP contribution in [0.1, 0.15) is 11.1 Å². The molecule has 4 aromatic rings. The van der Waals surface area contributed by atoms with E-state index < -0.39 is 0 Å². The van der Waals surface area contributed by atoms with Crippen LogP contribution in [0.25, 0.3) is 27.5 Å². The fourth-order valence-corrected chi connectivity index (χ4v) is 3.01. The molecule has 0 spiro atoms. The second kappa shape index (κ2) is 7.81. The molecule has 0 bridgehead atoms. The van der Waals surface area contributed by atoms with Crippen molar-refractivity contribution in [2.75, 3.05) is 0 Å². The van der Waals surface area contributed by atoms with Crippen LogP contribution in [0, 0.1) is 13.5 Å². The highest BCUT2D eigenvalue weighted by Crippen LogP contribution is 2.27. The van der Waals surface area contributed by atoms with Gasteiger partial charge in [-0.05, 0) is 36.2 Å². The van der Waals surface area contributed by atoms with E-state index in [4.69, 9.17) is 16.3 Å². The van der Waals surface area contributed by atoms with Crippen LogP contribution in [0.5, 0.6) is 5.75 Å². The van der Waals surface area contributed by atoms with Crippen LogP contribution in [0.2, 0.25) is 0 Å². The highest BCUT2D eigenvalue weighted by atomic mass is 16.5. The predicted molar refractivity (Wildman–Crippen MR) is 111 cm³/mol. The molecule has 4 heteroatoms. The first-order valence-corrected chi connectivity index (χ1v) is 9.04. The zero-order chi connectivity index (χ0) is 19.3. The summed E-state index contributed by atoms with van der Waals surface area (Å²) in [5, 5.41) is 0. The Bertz CT molecular complexity index is 1120. The summed E-state index contributed by atoms with van der Waals surface area (Å²) in [5.74, 6) is 1.70. The molecule has 4 nitrogen and oxygen atoms in total. The lowest BCUT2D eigenvalue weighted by atomic mass is 10.1. The van der Waals surface area contributed by atoms with Gasteiger partial charge in [0.05, 0.1) is 12.3 Å². The van der Waals surface area contributed by atoms with E-state index in [1.165, 1.54) is 0 Å². The van der Waals surface area contributed by atoms with Crippen LogP contribution in [0.4, 0.5) is 5.69 Å². The van der Waals surface area contributed by atoms with Crippen molar-refractivity contribution in [3.8, 4) is 28.4 Å². The number of nitrogens with one attached hydrogen (secondary N) is 1. The minimum absolute atomic E-state index is 0.471. The number of rotatable bonds is 5. The van der Waals surface area contributed by atoms with Crippen LogP contribution in [0.15, 0.2) is 79.0 Å². The number of hydrogen-bond acceptors (Lipinski definition) is 2. The van der Waals surface area contributed by atoms with Crippen molar-refractivity contribution in [1.29, 1.82) is 0 Å². The molecule has 0 aliphatic heterocycles. The lowest BCUT2D eigenvalue weighted by Crippen LogP contribution is -1.97. The summed E-state index contributed by atoms with van der Waals surface area (Å²) in [6, 6.07) is 23.6. The molecule has 0 aliphatic rings. The van der Waals surface area contributed by atoms with Gasteiger partial charge in [0.2, 0.25) is 0 Å². The van der Waals surface area contributed by atoms with Gasteiger partial charge in [0.15, 0.2) is 5.69 Å². The first-order valence-electron chi connectivity index (χ1n) is 9.04. The van der Waals surface area contributed by atoms with E-state index in [-0.39, 0.29) is 0 Å². The first kappa shape index (κ1) is 17.6. The molecule has 0 amide bonds. The van der Waals surface area contributed by atoms with Gasteiger partial charge in [-0.1, -0.05) is 54.6 Å². The van der Waals surface area contributed by atoms with Crippen molar-refractivity contribution in [3.63, 3.8) is 0 Å². The summed E-state index contributed by atoms with van der Waals surface area (Å²) in [5.41, 5.74) is 5.75. The molecule has 0 aliphatic carbocycles. The van der Waals surface area contributed by atoms with Crippen molar-refractivity contribution in [2.24, 2.45) is 0 Å². The molecule has 3 aromatic carbocycles. The van der Waals surface area contributed by atoms with Crippen LogP contribution in [-0.4, -0.2) is 9.97 Å². The van der Waals surface area contributed by atoms with Gasteiger partial charge in [0.25, 0.3) is 0 Å². The number of ether oxygens (including phenoxy) is 1. The van der Waals surface area contributed by atoms with E-state index in [9.17, 15) is 0 Å². The Morgan fingerprint density at radius 3 is 2.46 bits per heavy atom. The molecule has 0 saturated heterocycles. The minimum Gasteiger partial charge on any atom is -0.489 e. The third-order valence-electron chi connectivity index (χ3n) is 4.56. The average Bonchev–Trinajstić information content (AvgIpc) is 3.24. The molecule has 4 rings (SSSR count). The fraction of sp³-hybridized carbons (Fsp3) is 0.0833. The van der Waals surface area contributed by atoms with Crippen molar-refractivity contribution in [1.82, 2.24) is 9.97 Å². The SMILES string of the molecule is [C-]#[N+]c1ccc(COc2ccc(-c3c[nH]c(-c4ccccc4)n3)cc2C)cc1. The average molecular weight is 365 g/mol. The van der Waals surface area contributed by atoms with Gasteiger partial charge in [-0.2, -0.15) is 0 Å². The third kappa shape index (κ3) is 3.79. The van der Waals surface area contributed by atoms with Crippen molar-refractivity contribution in [2.45, 2.75) is 13.5 Å². The topological polar surface area (TPSA) is 42.3 Å². The number of nitrogens with zero attached hydrogens (tertiary/aromatic N) is 2. The molecule has 1 aromatic heterocycles. The molecule has 0 atom stereocenters. The highest BCUT2D eigenvalue weighted by Gasteiger charge is 2.08. The van der Waals surface area contributed by atoms with Crippen molar-refractivity contribution >= 4 is 5.69 Å². The number of H-pyrrole nitrogens is 1.